The van der Waals surface area contributed by atoms with Crippen LogP contribution in [-0.2, 0) is 0 Å². The molecular weight excluding hydrogens is 432 g/mol. The van der Waals surface area contributed by atoms with E-state index in [-0.39, 0.29) is 17.8 Å². The van der Waals surface area contributed by atoms with Gasteiger partial charge in [-0.15, -0.1) is 0 Å². The molecule has 7 heteroatoms. The third kappa shape index (κ3) is 6.05. The second kappa shape index (κ2) is 10.1. The van der Waals surface area contributed by atoms with Crippen molar-refractivity contribution >= 4 is 35.3 Å². The second-order valence-corrected chi connectivity index (χ2v) is 8.57. The van der Waals surface area contributed by atoms with E-state index >= 15 is 0 Å². The number of aromatic nitrogens is 2. The first-order chi connectivity index (χ1) is 16.0. The first-order valence-corrected chi connectivity index (χ1v) is 11.2. The lowest BCUT2D eigenvalue weighted by Gasteiger charge is -2.11. The SMILES string of the molecule is Cc1cccc(C(=O)Nc2cc(Sc3ccccc3)nc(NC(=O)c3cccc(C)c3)n2)c1. The number of aryl methyl sites for hydroxylation is 2. The average molecular weight is 455 g/mol. The number of carbonyl (C=O) groups is 2. The molecule has 0 saturated carbocycles. The van der Waals surface area contributed by atoms with Gasteiger partial charge in [-0.3, -0.25) is 14.9 Å². The zero-order valence-corrected chi connectivity index (χ0v) is 19.0. The highest BCUT2D eigenvalue weighted by atomic mass is 32.2. The van der Waals surface area contributed by atoms with E-state index in [1.54, 1.807) is 30.3 Å². The van der Waals surface area contributed by atoms with Gasteiger partial charge in [0.1, 0.15) is 10.8 Å². The summed E-state index contributed by atoms with van der Waals surface area (Å²) in [5.41, 5.74) is 2.99. The Balaban J connectivity index is 1.62. The molecule has 0 spiro atoms. The standard InChI is InChI=1S/C26H22N4O2S/c1-17-8-6-10-19(14-17)24(31)27-22-16-23(33-21-12-4-3-5-13-21)29-26(28-22)30-25(32)20-11-7-9-18(2)15-20/h3-16H,1-2H3,(H2,27,28,29,30,31,32). The summed E-state index contributed by atoms with van der Waals surface area (Å²) in [6.45, 7) is 3.85. The number of rotatable bonds is 6. The van der Waals surface area contributed by atoms with Gasteiger partial charge in [-0.2, -0.15) is 4.98 Å². The predicted octanol–water partition coefficient (Wildman–Crippen LogP) is 5.75. The molecular formula is C26H22N4O2S. The molecule has 0 atom stereocenters. The molecule has 33 heavy (non-hydrogen) atoms. The van der Waals surface area contributed by atoms with E-state index < -0.39 is 0 Å². The molecule has 0 bridgehead atoms. The van der Waals surface area contributed by atoms with Crippen molar-refractivity contribution in [2.45, 2.75) is 23.8 Å². The minimum absolute atomic E-state index is 0.113. The van der Waals surface area contributed by atoms with Gasteiger partial charge in [-0.05, 0) is 50.2 Å². The molecule has 0 aliphatic carbocycles. The molecule has 1 heterocycles. The van der Waals surface area contributed by atoms with Gasteiger partial charge < -0.3 is 5.32 Å². The van der Waals surface area contributed by atoms with E-state index in [1.807, 2.05) is 68.4 Å². The number of amides is 2. The first-order valence-electron chi connectivity index (χ1n) is 10.3. The van der Waals surface area contributed by atoms with Gasteiger partial charge in [0, 0.05) is 22.1 Å². The highest BCUT2D eigenvalue weighted by molar-refractivity contribution is 7.99. The van der Waals surface area contributed by atoms with Gasteiger partial charge in [0.05, 0.1) is 0 Å². The van der Waals surface area contributed by atoms with Crippen LogP contribution in [0, 0.1) is 13.8 Å². The van der Waals surface area contributed by atoms with Crippen molar-refractivity contribution in [3.8, 4) is 0 Å². The third-order valence-electron chi connectivity index (χ3n) is 4.70. The number of benzene rings is 3. The summed E-state index contributed by atoms with van der Waals surface area (Å²) in [6.07, 6.45) is 0. The van der Waals surface area contributed by atoms with Crippen LogP contribution >= 0.6 is 11.8 Å². The zero-order valence-electron chi connectivity index (χ0n) is 18.2. The smallest absolute Gasteiger partial charge is 0.258 e. The topological polar surface area (TPSA) is 84.0 Å². The summed E-state index contributed by atoms with van der Waals surface area (Å²) in [5.74, 6) is -0.197. The van der Waals surface area contributed by atoms with Crippen LogP contribution in [0.5, 0.6) is 0 Å². The summed E-state index contributed by atoms with van der Waals surface area (Å²) in [6, 6.07) is 26.0. The molecule has 0 fully saturated rings. The lowest BCUT2D eigenvalue weighted by atomic mass is 10.1. The van der Waals surface area contributed by atoms with E-state index in [1.165, 1.54) is 11.8 Å². The minimum atomic E-state index is -0.323. The van der Waals surface area contributed by atoms with Crippen molar-refractivity contribution in [3.63, 3.8) is 0 Å². The fraction of sp³-hybridized carbons (Fsp3) is 0.0769. The first kappa shape index (κ1) is 22.2. The number of hydrogen-bond donors (Lipinski definition) is 2. The van der Waals surface area contributed by atoms with E-state index in [0.717, 1.165) is 16.0 Å². The van der Waals surface area contributed by atoms with Crippen LogP contribution in [0.15, 0.2) is 94.9 Å². The molecule has 164 valence electrons. The minimum Gasteiger partial charge on any atom is -0.306 e. The van der Waals surface area contributed by atoms with E-state index in [0.29, 0.717) is 22.0 Å². The number of hydrogen-bond acceptors (Lipinski definition) is 5. The van der Waals surface area contributed by atoms with Crippen molar-refractivity contribution in [2.75, 3.05) is 10.6 Å². The number of nitrogens with zero attached hydrogens (tertiary/aromatic N) is 2. The molecule has 0 aliphatic rings. The Labute approximate surface area is 196 Å². The molecule has 2 N–H and O–H groups in total. The maximum Gasteiger partial charge on any atom is 0.258 e. The highest BCUT2D eigenvalue weighted by Crippen LogP contribution is 2.28. The van der Waals surface area contributed by atoms with Gasteiger partial charge >= 0.3 is 0 Å². The van der Waals surface area contributed by atoms with Gasteiger partial charge in [0.15, 0.2) is 0 Å². The van der Waals surface area contributed by atoms with Gasteiger partial charge in [-0.1, -0.05) is 65.4 Å². The van der Waals surface area contributed by atoms with Crippen molar-refractivity contribution in [2.24, 2.45) is 0 Å². The molecule has 3 aromatic carbocycles. The molecule has 1 aromatic heterocycles. The second-order valence-electron chi connectivity index (χ2n) is 7.48. The largest absolute Gasteiger partial charge is 0.306 e. The Hall–Kier alpha value is -3.97. The van der Waals surface area contributed by atoms with E-state index in [9.17, 15) is 9.59 Å². The summed E-state index contributed by atoms with van der Waals surface area (Å²) >= 11 is 1.41. The van der Waals surface area contributed by atoms with Crippen molar-refractivity contribution < 1.29 is 9.59 Å². The summed E-state index contributed by atoms with van der Waals surface area (Å²) in [4.78, 5) is 35.3. The average Bonchev–Trinajstić information content (AvgIpc) is 2.79. The van der Waals surface area contributed by atoms with Crippen LogP contribution in [0.4, 0.5) is 11.8 Å². The molecule has 0 aliphatic heterocycles. The lowest BCUT2D eigenvalue weighted by molar-refractivity contribution is 0.101. The normalized spacial score (nSPS) is 10.5. The van der Waals surface area contributed by atoms with Crippen LogP contribution in [0.2, 0.25) is 0 Å². The summed E-state index contributed by atoms with van der Waals surface area (Å²) in [7, 11) is 0. The fourth-order valence-corrected chi connectivity index (χ4v) is 3.98. The molecule has 2 amide bonds. The summed E-state index contributed by atoms with van der Waals surface area (Å²) in [5, 5.41) is 6.16. The van der Waals surface area contributed by atoms with Crippen LogP contribution in [-0.4, -0.2) is 21.8 Å². The molecule has 0 unspecified atom stereocenters. The molecule has 0 saturated heterocycles. The molecule has 4 rings (SSSR count). The van der Waals surface area contributed by atoms with Gasteiger partial charge in [0.2, 0.25) is 5.95 Å². The maximum absolute atomic E-state index is 12.8. The fourth-order valence-electron chi connectivity index (χ4n) is 3.14. The Morgan fingerprint density at radius 2 is 1.30 bits per heavy atom. The highest BCUT2D eigenvalue weighted by Gasteiger charge is 2.14. The quantitative estimate of drug-likeness (QED) is 0.363. The summed E-state index contributed by atoms with van der Waals surface area (Å²) < 4.78 is 0. The van der Waals surface area contributed by atoms with E-state index in [4.69, 9.17) is 0 Å². The number of carbonyl (C=O) groups excluding carboxylic acids is 2. The van der Waals surface area contributed by atoms with Crippen LogP contribution in [0.1, 0.15) is 31.8 Å². The van der Waals surface area contributed by atoms with Crippen molar-refractivity contribution in [3.05, 3.63) is 107 Å². The van der Waals surface area contributed by atoms with Gasteiger partial charge in [-0.25, -0.2) is 4.98 Å². The van der Waals surface area contributed by atoms with Crippen LogP contribution in [0.3, 0.4) is 0 Å². The van der Waals surface area contributed by atoms with Crippen molar-refractivity contribution in [1.29, 1.82) is 0 Å². The Morgan fingerprint density at radius 3 is 1.91 bits per heavy atom. The monoisotopic (exact) mass is 454 g/mol. The van der Waals surface area contributed by atoms with Gasteiger partial charge in [0.25, 0.3) is 11.8 Å². The number of nitrogens with one attached hydrogen (secondary N) is 2. The zero-order chi connectivity index (χ0) is 23.2. The Kier molecular flexibility index (Phi) is 6.80. The third-order valence-corrected chi connectivity index (χ3v) is 5.62. The Bertz CT molecular complexity index is 1230. The van der Waals surface area contributed by atoms with E-state index in [2.05, 4.69) is 20.6 Å². The predicted molar refractivity (Wildman–Crippen MR) is 131 cm³/mol. The Morgan fingerprint density at radius 1 is 0.697 bits per heavy atom. The number of anilines is 2. The lowest BCUT2D eigenvalue weighted by Crippen LogP contribution is -2.17. The molecule has 4 aromatic rings. The van der Waals surface area contributed by atoms with Crippen LogP contribution < -0.4 is 10.6 Å². The van der Waals surface area contributed by atoms with Crippen LogP contribution in [0.25, 0.3) is 0 Å². The van der Waals surface area contributed by atoms with Crippen molar-refractivity contribution in [1.82, 2.24) is 9.97 Å². The molecule has 6 nitrogen and oxygen atoms in total. The molecule has 0 radical (unpaired) electrons. The maximum atomic E-state index is 12.8.